The fourth-order valence-electron chi connectivity index (χ4n) is 4.92. The van der Waals surface area contributed by atoms with E-state index in [1.165, 1.54) is 53.3 Å². The van der Waals surface area contributed by atoms with Crippen molar-refractivity contribution < 1.29 is 20.4 Å². The largest absolute Gasteiger partial charge is 0.394 e. The van der Waals surface area contributed by atoms with Gasteiger partial charge in [0.1, 0.15) is 0 Å². The first-order valence-electron chi connectivity index (χ1n) is 10.7. The van der Waals surface area contributed by atoms with Crippen LogP contribution in [-0.2, 0) is 0 Å². The smallest absolute Gasteiger partial charge is 0.0904 e. The molecule has 7 aliphatic rings. The third-order valence-electron chi connectivity index (χ3n) is 7.10. The lowest BCUT2D eigenvalue weighted by Crippen LogP contribution is -2.48. The second-order valence-electron chi connectivity index (χ2n) is 9.30. The highest BCUT2D eigenvalue weighted by atomic mass is 32.3. The molecular weight excluding hydrogens is 573 g/mol. The monoisotopic (exact) mass is 596 g/mol. The molecule has 0 spiro atoms. The Bertz CT molecular complexity index is 986. The molecule has 4 N–H and O–H groups in total. The van der Waals surface area contributed by atoms with Gasteiger partial charge in [0.15, 0.2) is 0 Å². The molecule has 0 radical (unpaired) electrons. The molecule has 1 saturated carbocycles. The van der Waals surface area contributed by atoms with Crippen LogP contribution in [0.4, 0.5) is 0 Å². The number of aliphatic hydroxyl groups is 4. The first-order chi connectivity index (χ1) is 15.8. The highest BCUT2D eigenvalue weighted by Gasteiger charge is 2.55. The van der Waals surface area contributed by atoms with Crippen molar-refractivity contribution in [3.8, 4) is 0 Å². The predicted octanol–water partition coefficient (Wildman–Crippen LogP) is 6.01. The maximum atomic E-state index is 10.3. The average Bonchev–Trinajstić information content (AvgIpc) is 3.43. The Kier molecular flexibility index (Phi) is 7.10. The van der Waals surface area contributed by atoms with Crippen LogP contribution < -0.4 is 0 Å². The summed E-state index contributed by atoms with van der Waals surface area (Å²) < 4.78 is 7.73. The zero-order chi connectivity index (χ0) is 23.1. The van der Waals surface area contributed by atoms with E-state index in [2.05, 4.69) is 13.8 Å². The molecule has 6 atom stereocenters. The van der Waals surface area contributed by atoms with E-state index < -0.39 is 12.2 Å². The third-order valence-corrected chi connectivity index (χ3v) is 19.9. The quantitative estimate of drug-likeness (QED) is 0.307. The van der Waals surface area contributed by atoms with Gasteiger partial charge in [0.25, 0.3) is 0 Å². The number of aliphatic hydroxyl groups excluding tert-OH is 4. The molecule has 33 heavy (non-hydrogen) atoms. The molecule has 4 heterocycles. The van der Waals surface area contributed by atoms with E-state index >= 15 is 0 Å². The summed E-state index contributed by atoms with van der Waals surface area (Å²) in [5.41, 5.74) is 0.447. The molecule has 4 nitrogen and oxygen atoms in total. The third kappa shape index (κ3) is 4.18. The molecule has 0 aromatic heterocycles. The van der Waals surface area contributed by atoms with Crippen LogP contribution in [0, 0.1) is 17.3 Å². The summed E-state index contributed by atoms with van der Waals surface area (Å²) >= 11 is 14.4. The van der Waals surface area contributed by atoms with E-state index in [1.807, 2.05) is 47.0 Å². The second kappa shape index (κ2) is 9.41. The summed E-state index contributed by atoms with van der Waals surface area (Å²) in [5, 5.41) is 39.0. The highest BCUT2D eigenvalue weighted by Crippen LogP contribution is 2.74. The molecule has 0 aromatic rings. The maximum Gasteiger partial charge on any atom is 0.0904 e. The summed E-state index contributed by atoms with van der Waals surface area (Å²) in [7, 11) is 0. The van der Waals surface area contributed by atoms with Crippen molar-refractivity contribution in [1.82, 2.24) is 0 Å². The fraction of sp³-hybridized carbons (Fsp3) is 0.619. The summed E-state index contributed by atoms with van der Waals surface area (Å²) in [5.74, 6) is 1.56. The van der Waals surface area contributed by atoms with E-state index in [1.54, 1.807) is 33.3 Å². The molecule has 1 fully saturated rings. The van der Waals surface area contributed by atoms with Crippen LogP contribution in [0.2, 0.25) is 0 Å². The summed E-state index contributed by atoms with van der Waals surface area (Å²) in [4.78, 5) is 3.23. The Hall–Kier alpha value is 1.60. The van der Waals surface area contributed by atoms with Crippen molar-refractivity contribution in [2.75, 3.05) is 13.2 Å². The normalized spacial score (nSPS) is 36.5. The molecule has 180 valence electrons. The molecule has 7 rings (SSSR count). The minimum atomic E-state index is -0.935. The molecule has 4 aliphatic heterocycles. The number of thioether (sulfide) groups is 8. The molecular formula is C21H24O4S8. The van der Waals surface area contributed by atoms with Crippen LogP contribution in [0.3, 0.4) is 0 Å². The van der Waals surface area contributed by atoms with Gasteiger partial charge in [-0.05, 0) is 30.1 Å². The number of allylic oxidation sites excluding steroid dienone is 2. The topological polar surface area (TPSA) is 80.9 Å². The highest BCUT2D eigenvalue weighted by molar-refractivity contribution is 8.46. The van der Waals surface area contributed by atoms with Crippen molar-refractivity contribution in [3.05, 3.63) is 35.2 Å². The average molecular weight is 597 g/mol. The summed E-state index contributed by atoms with van der Waals surface area (Å²) in [6.07, 6.45) is 0.719. The van der Waals surface area contributed by atoms with Gasteiger partial charge in [-0.1, -0.05) is 84.4 Å². The van der Waals surface area contributed by atoms with Crippen LogP contribution in [0.25, 0.3) is 0 Å². The fourth-order valence-corrected chi connectivity index (χ4v) is 18.5. The van der Waals surface area contributed by atoms with Gasteiger partial charge in [-0.3, -0.25) is 0 Å². The van der Waals surface area contributed by atoms with E-state index in [0.29, 0.717) is 5.41 Å². The lowest BCUT2D eigenvalue weighted by Gasteiger charge is -2.58. The molecule has 12 heteroatoms. The number of hydrogen-bond acceptors (Lipinski definition) is 12. The minimum absolute atomic E-state index is 0.353. The molecule has 0 unspecified atom stereocenters. The Balaban J connectivity index is 1.17. The first-order valence-corrected chi connectivity index (χ1v) is 17.4. The molecule has 2 bridgehead atoms. The van der Waals surface area contributed by atoms with Crippen LogP contribution in [0.1, 0.15) is 26.7 Å². The number of rotatable bonds is 4. The van der Waals surface area contributed by atoms with Gasteiger partial charge in [0, 0.05) is 9.81 Å². The van der Waals surface area contributed by atoms with Gasteiger partial charge in [-0.15, -0.1) is 23.5 Å². The van der Waals surface area contributed by atoms with Crippen LogP contribution in [0.15, 0.2) is 35.2 Å². The Morgan fingerprint density at radius 2 is 1.24 bits per heavy atom. The van der Waals surface area contributed by atoms with Gasteiger partial charge in [-0.25, -0.2) is 0 Å². The van der Waals surface area contributed by atoms with Crippen LogP contribution in [-0.4, -0.2) is 56.3 Å². The van der Waals surface area contributed by atoms with Gasteiger partial charge in [0.2, 0.25) is 0 Å². The van der Waals surface area contributed by atoms with E-state index in [4.69, 9.17) is 0 Å². The lowest BCUT2D eigenvalue weighted by molar-refractivity contribution is -0.000905. The minimum Gasteiger partial charge on any atom is -0.394 e. The zero-order valence-electron chi connectivity index (χ0n) is 17.8. The Morgan fingerprint density at radius 1 is 0.758 bits per heavy atom. The van der Waals surface area contributed by atoms with Gasteiger partial charge in [-0.2, -0.15) is 0 Å². The van der Waals surface area contributed by atoms with Crippen molar-refractivity contribution >= 4 is 94.1 Å². The van der Waals surface area contributed by atoms with Crippen LogP contribution >= 0.6 is 94.1 Å². The summed E-state index contributed by atoms with van der Waals surface area (Å²) in [6, 6.07) is 0. The molecule has 0 amide bonds. The van der Waals surface area contributed by atoms with Crippen molar-refractivity contribution in [2.45, 2.75) is 49.4 Å². The standard InChI is InChI=1S/C21H24O4S8/c1-21(2)7-3-8(21)12-11(4-7)26-15-16(27-12)31-19(30-15)20-32-17-18(33-20)29-14(10(25)6-23)13(28-17)9(24)5-22/h7-10,13-14,22-25H,3-6H2,1-2H3/t7-,8+,9-,10-,13-,14-/m1/s1. The lowest BCUT2D eigenvalue weighted by atomic mass is 9.51. The SMILES string of the molecule is CC1(C)[C@H]2CC3=C(SC4=C(S3)SC(=C3SC5=C(S3)S[C@H]([C@H](O)CO)[C@@H]([C@H](O)CO)S5)S4)[C@@H]1C2. The number of hydrogen-bond donors (Lipinski definition) is 4. The van der Waals surface area contributed by atoms with Gasteiger partial charge >= 0.3 is 0 Å². The molecule has 0 saturated heterocycles. The van der Waals surface area contributed by atoms with E-state index in [-0.39, 0.29) is 23.7 Å². The molecule has 3 aliphatic carbocycles. The van der Waals surface area contributed by atoms with Gasteiger partial charge in [0.05, 0.1) is 61.3 Å². The van der Waals surface area contributed by atoms with Crippen molar-refractivity contribution in [3.63, 3.8) is 0 Å². The zero-order valence-corrected chi connectivity index (χ0v) is 24.4. The van der Waals surface area contributed by atoms with Crippen molar-refractivity contribution in [1.29, 1.82) is 0 Å². The predicted molar refractivity (Wildman–Crippen MR) is 153 cm³/mol. The molecule has 0 aromatic carbocycles. The van der Waals surface area contributed by atoms with E-state index in [9.17, 15) is 20.4 Å². The van der Waals surface area contributed by atoms with Gasteiger partial charge < -0.3 is 20.4 Å². The van der Waals surface area contributed by atoms with Crippen molar-refractivity contribution in [2.24, 2.45) is 17.3 Å². The Morgan fingerprint density at radius 3 is 1.76 bits per heavy atom. The second-order valence-corrected chi connectivity index (χ2v) is 19.5. The Labute approximate surface area is 227 Å². The summed E-state index contributed by atoms with van der Waals surface area (Å²) in [6.45, 7) is 4.17. The van der Waals surface area contributed by atoms with Crippen LogP contribution in [0.5, 0.6) is 0 Å². The van der Waals surface area contributed by atoms with E-state index in [0.717, 1.165) is 20.3 Å². The first kappa shape index (κ1) is 24.9. The maximum absolute atomic E-state index is 10.3.